The number of likely N-dealkylation sites (tertiary alicyclic amines) is 2. The summed E-state index contributed by atoms with van der Waals surface area (Å²) in [4.78, 5) is 65.7. The standard InChI is InChI=1S/C43H50N8O5S/c1-26-38(57-25-45-26)28-17-15-27(16-18-28)22-44-41(55)34-11-9-19-51(34)42(56)39(43(2,3)4)47-36(53)13-7-8-14-37(54)50-23-30(24-50)32-20-29-21-33(48-49-40(29)46-32)31-10-5-6-12-35(31)52/h5-6,10,12,15-18,20-21,25,30,34,39,52H,7-9,11,13-14,19,22-24H2,1-4H3,(H,44,55)(H,46,49)(H,47,53)/t34-,39+/m0/s1. The number of hydrogen-bond acceptors (Lipinski definition) is 9. The lowest BCUT2D eigenvalue weighted by Crippen LogP contribution is -2.57. The molecular weight excluding hydrogens is 741 g/mol. The Balaban J connectivity index is 0.845. The van der Waals surface area contributed by atoms with E-state index in [0.29, 0.717) is 75.2 Å². The van der Waals surface area contributed by atoms with Crippen LogP contribution in [0, 0.1) is 12.3 Å². The van der Waals surface area contributed by atoms with Gasteiger partial charge >= 0.3 is 0 Å². The molecule has 0 bridgehead atoms. The van der Waals surface area contributed by atoms with Crippen LogP contribution in [-0.4, -0.2) is 90.4 Å². The number of fused-ring (bicyclic) bond motifs is 1. The molecule has 5 aromatic rings. The molecule has 57 heavy (non-hydrogen) atoms. The summed E-state index contributed by atoms with van der Waals surface area (Å²) >= 11 is 1.60. The van der Waals surface area contributed by atoms with Crippen LogP contribution in [-0.2, 0) is 25.7 Å². The van der Waals surface area contributed by atoms with E-state index in [9.17, 15) is 24.3 Å². The number of H-pyrrole nitrogens is 1. The molecule has 2 aromatic carbocycles. The lowest BCUT2D eigenvalue weighted by molar-refractivity contribution is -0.144. The van der Waals surface area contributed by atoms with E-state index in [2.05, 4.69) is 30.8 Å². The topological polar surface area (TPSA) is 174 Å². The number of carbonyl (C=O) groups excluding carboxylic acids is 4. The van der Waals surface area contributed by atoms with Gasteiger partial charge in [-0.15, -0.1) is 21.5 Å². The number of aromatic hydroxyl groups is 1. The lowest BCUT2D eigenvalue weighted by Gasteiger charge is -2.39. The fraction of sp³-hybridized carbons (Fsp3) is 0.419. The molecule has 14 heteroatoms. The molecular formula is C43H50N8O5S. The Labute approximate surface area is 336 Å². The number of phenols is 1. The van der Waals surface area contributed by atoms with Crippen LogP contribution in [0.3, 0.4) is 0 Å². The third kappa shape index (κ3) is 9.01. The second kappa shape index (κ2) is 16.8. The van der Waals surface area contributed by atoms with Gasteiger partial charge in [-0.1, -0.05) is 57.2 Å². The first kappa shape index (κ1) is 39.6. The summed E-state index contributed by atoms with van der Waals surface area (Å²) in [5.41, 5.74) is 7.14. The van der Waals surface area contributed by atoms with E-state index in [1.165, 1.54) is 0 Å². The summed E-state index contributed by atoms with van der Waals surface area (Å²) in [5.74, 6) is -0.343. The first-order valence-corrected chi connectivity index (χ1v) is 20.5. The summed E-state index contributed by atoms with van der Waals surface area (Å²) in [6.45, 7) is 9.71. The van der Waals surface area contributed by atoms with Gasteiger partial charge in [-0.25, -0.2) is 4.98 Å². The zero-order chi connectivity index (χ0) is 40.3. The number of unbranched alkanes of at least 4 members (excludes halogenated alkanes) is 1. The molecule has 4 N–H and O–H groups in total. The first-order chi connectivity index (χ1) is 27.4. The summed E-state index contributed by atoms with van der Waals surface area (Å²) < 4.78 is 0. The fourth-order valence-corrected chi connectivity index (χ4v) is 8.42. The van der Waals surface area contributed by atoms with E-state index in [4.69, 9.17) is 0 Å². The van der Waals surface area contributed by atoms with Crippen LogP contribution >= 0.6 is 11.3 Å². The Kier molecular flexibility index (Phi) is 11.7. The monoisotopic (exact) mass is 790 g/mol. The highest BCUT2D eigenvalue weighted by molar-refractivity contribution is 7.13. The molecule has 2 atom stereocenters. The van der Waals surface area contributed by atoms with Crippen LogP contribution in [0.4, 0.5) is 0 Å². The number of amides is 4. The Morgan fingerprint density at radius 2 is 1.75 bits per heavy atom. The van der Waals surface area contributed by atoms with Gasteiger partial charge in [0.25, 0.3) is 0 Å². The van der Waals surface area contributed by atoms with Crippen LogP contribution in [0.1, 0.15) is 82.2 Å². The van der Waals surface area contributed by atoms with Gasteiger partial charge in [0.15, 0.2) is 5.65 Å². The predicted octanol–water partition coefficient (Wildman–Crippen LogP) is 6.09. The minimum absolute atomic E-state index is 0.0496. The van der Waals surface area contributed by atoms with E-state index in [-0.39, 0.29) is 41.7 Å². The summed E-state index contributed by atoms with van der Waals surface area (Å²) in [5, 5.41) is 25.7. The number of para-hydroxylation sites is 1. The number of thiazole rings is 1. The highest BCUT2D eigenvalue weighted by Gasteiger charge is 2.42. The summed E-state index contributed by atoms with van der Waals surface area (Å²) in [7, 11) is 0. The number of aromatic amines is 1. The number of phenolic OH excluding ortho intramolecular Hbond substituents is 1. The zero-order valence-corrected chi connectivity index (χ0v) is 33.7. The second-order valence-corrected chi connectivity index (χ2v) is 17.1. The normalized spacial score (nSPS) is 16.4. The highest BCUT2D eigenvalue weighted by atomic mass is 32.1. The number of hydrogen-bond donors (Lipinski definition) is 4. The highest BCUT2D eigenvalue weighted by Crippen LogP contribution is 2.33. The van der Waals surface area contributed by atoms with Gasteiger partial charge in [-0.05, 0) is 73.4 Å². The van der Waals surface area contributed by atoms with Crippen molar-refractivity contribution in [3.8, 4) is 27.4 Å². The number of rotatable bonds is 13. The Morgan fingerprint density at radius 1 is 1.00 bits per heavy atom. The van der Waals surface area contributed by atoms with Crippen molar-refractivity contribution >= 4 is 46.0 Å². The molecule has 7 rings (SSSR count). The maximum absolute atomic E-state index is 14.0. The minimum atomic E-state index is -0.798. The van der Waals surface area contributed by atoms with Crippen molar-refractivity contribution in [2.75, 3.05) is 19.6 Å². The molecule has 5 heterocycles. The molecule has 2 saturated heterocycles. The lowest BCUT2D eigenvalue weighted by atomic mass is 9.85. The number of benzene rings is 2. The van der Waals surface area contributed by atoms with Crippen LogP contribution in [0.25, 0.3) is 32.7 Å². The molecule has 13 nitrogen and oxygen atoms in total. The van der Waals surface area contributed by atoms with Gasteiger partial charge in [0, 0.05) is 61.6 Å². The number of nitrogens with zero attached hydrogens (tertiary/aromatic N) is 5. The maximum atomic E-state index is 14.0. The SMILES string of the molecule is Cc1ncsc1-c1ccc(CNC(=O)[C@@H]2CCCN2C(=O)[C@@H](NC(=O)CCCCC(=O)N2CC(c3cc4cc(-c5ccccc5O)nnc4[nH]3)C2)C(C)(C)C)cc1. The molecule has 298 valence electrons. The Hall–Kier alpha value is -5.63. The summed E-state index contributed by atoms with van der Waals surface area (Å²) in [6.07, 6.45) is 2.88. The van der Waals surface area contributed by atoms with Crippen LogP contribution in [0.15, 0.2) is 66.2 Å². The molecule has 3 aromatic heterocycles. The van der Waals surface area contributed by atoms with Crippen molar-refractivity contribution in [3.63, 3.8) is 0 Å². The predicted molar refractivity (Wildman–Crippen MR) is 219 cm³/mol. The molecule has 2 aliphatic heterocycles. The summed E-state index contributed by atoms with van der Waals surface area (Å²) in [6, 6.07) is 17.6. The second-order valence-electron chi connectivity index (χ2n) is 16.2. The number of nitrogens with one attached hydrogen (secondary N) is 3. The van der Waals surface area contributed by atoms with Gasteiger partial charge in [0.1, 0.15) is 17.8 Å². The van der Waals surface area contributed by atoms with Crippen molar-refractivity contribution in [3.05, 3.63) is 83.1 Å². The largest absolute Gasteiger partial charge is 0.507 e. The van der Waals surface area contributed by atoms with Crippen LogP contribution in [0.2, 0.25) is 0 Å². The average Bonchev–Trinajstić information content (AvgIpc) is 3.93. The van der Waals surface area contributed by atoms with Gasteiger partial charge in [0.05, 0.1) is 21.8 Å². The van der Waals surface area contributed by atoms with E-state index in [0.717, 1.165) is 32.8 Å². The van der Waals surface area contributed by atoms with Crippen molar-refractivity contribution in [2.45, 2.75) is 90.8 Å². The molecule has 0 aliphatic carbocycles. The molecule has 2 aliphatic rings. The van der Waals surface area contributed by atoms with Crippen molar-refractivity contribution in [1.29, 1.82) is 0 Å². The van der Waals surface area contributed by atoms with Crippen molar-refractivity contribution in [2.24, 2.45) is 5.41 Å². The van der Waals surface area contributed by atoms with Gasteiger partial charge < -0.3 is 30.5 Å². The fourth-order valence-electron chi connectivity index (χ4n) is 7.60. The Bertz CT molecular complexity index is 2260. The molecule has 0 unspecified atom stereocenters. The molecule has 4 amide bonds. The number of aryl methyl sites for hydroxylation is 1. The van der Waals surface area contributed by atoms with Crippen LogP contribution in [0.5, 0.6) is 5.75 Å². The van der Waals surface area contributed by atoms with Gasteiger partial charge in [0.2, 0.25) is 23.6 Å². The molecule has 2 fully saturated rings. The average molecular weight is 791 g/mol. The maximum Gasteiger partial charge on any atom is 0.246 e. The van der Waals surface area contributed by atoms with Gasteiger partial charge in [-0.2, -0.15) is 0 Å². The molecule has 0 spiro atoms. The van der Waals surface area contributed by atoms with Crippen molar-refractivity contribution in [1.82, 2.24) is 40.6 Å². The van der Waals surface area contributed by atoms with E-state index >= 15 is 0 Å². The minimum Gasteiger partial charge on any atom is -0.507 e. The quantitative estimate of drug-likeness (QED) is 0.104. The smallest absolute Gasteiger partial charge is 0.246 e. The third-order valence-electron chi connectivity index (χ3n) is 11.0. The van der Waals surface area contributed by atoms with Gasteiger partial charge in [-0.3, -0.25) is 19.2 Å². The third-order valence-corrected chi connectivity index (χ3v) is 12.0. The molecule has 0 saturated carbocycles. The van der Waals surface area contributed by atoms with E-state index in [1.807, 2.05) is 80.6 Å². The number of aromatic nitrogens is 4. The Morgan fingerprint density at radius 3 is 2.47 bits per heavy atom. The zero-order valence-electron chi connectivity index (χ0n) is 32.9. The number of carbonyl (C=O) groups is 4. The molecule has 0 radical (unpaired) electrons. The van der Waals surface area contributed by atoms with E-state index in [1.54, 1.807) is 34.4 Å². The first-order valence-electron chi connectivity index (χ1n) is 19.6. The van der Waals surface area contributed by atoms with Crippen molar-refractivity contribution < 1.29 is 24.3 Å². The van der Waals surface area contributed by atoms with Crippen LogP contribution < -0.4 is 10.6 Å². The van der Waals surface area contributed by atoms with E-state index < -0.39 is 17.5 Å².